The number of nitrogens with two attached hydrogens (primary N) is 1. The average Bonchev–Trinajstić information content (AvgIpc) is 2.89. The number of hydrogen-bond acceptors (Lipinski definition) is 4. The van der Waals surface area contributed by atoms with Gasteiger partial charge in [-0.15, -0.1) is 0 Å². The zero-order chi connectivity index (χ0) is 16.4. The first-order valence-corrected chi connectivity index (χ1v) is 7.97. The molecule has 0 saturated carbocycles. The molecule has 0 saturated heterocycles. The highest BCUT2D eigenvalue weighted by Gasteiger charge is 2.20. The monoisotopic (exact) mass is 327 g/mol. The predicted molar refractivity (Wildman–Crippen MR) is 91.9 cm³/mol. The third-order valence-corrected chi connectivity index (χ3v) is 4.34. The van der Waals surface area contributed by atoms with Crippen LogP contribution in [0.25, 0.3) is 0 Å². The van der Waals surface area contributed by atoms with Crippen LogP contribution < -0.4 is 5.73 Å². The molecule has 0 amide bonds. The Kier molecular flexibility index (Phi) is 4.44. The standard InChI is InChI=1S/C18H18ClN3O/c1-11(12-5-3-2-4-6-12)7-15(23)9-14-8-13-10-21-18(20)16(13)17(19)22-14/h2-6,8,11H,7,9-10H2,1H3,(H2,20,21)/t11-/m0/s1. The molecule has 1 aliphatic rings. The van der Waals surface area contributed by atoms with Crippen LogP contribution in [0.3, 0.4) is 0 Å². The van der Waals surface area contributed by atoms with Crippen molar-refractivity contribution in [3.63, 3.8) is 0 Å². The van der Waals surface area contributed by atoms with Crippen molar-refractivity contribution in [1.82, 2.24) is 4.98 Å². The van der Waals surface area contributed by atoms with Gasteiger partial charge in [0.25, 0.3) is 0 Å². The van der Waals surface area contributed by atoms with Crippen molar-refractivity contribution >= 4 is 23.2 Å². The van der Waals surface area contributed by atoms with E-state index in [1.165, 1.54) is 5.56 Å². The van der Waals surface area contributed by atoms with Gasteiger partial charge in [-0.05, 0) is 23.1 Å². The minimum absolute atomic E-state index is 0.150. The number of carbonyl (C=O) groups excluding carboxylic acids is 1. The summed E-state index contributed by atoms with van der Waals surface area (Å²) in [5.74, 6) is 0.761. The molecule has 23 heavy (non-hydrogen) atoms. The highest BCUT2D eigenvalue weighted by atomic mass is 35.5. The van der Waals surface area contributed by atoms with Crippen molar-refractivity contribution < 1.29 is 4.79 Å². The molecule has 1 aromatic carbocycles. The summed E-state index contributed by atoms with van der Waals surface area (Å²) >= 11 is 6.17. The number of pyridine rings is 1. The second kappa shape index (κ2) is 6.50. The summed E-state index contributed by atoms with van der Waals surface area (Å²) in [6.45, 7) is 2.57. The first kappa shape index (κ1) is 15.7. The summed E-state index contributed by atoms with van der Waals surface area (Å²) in [5.41, 5.74) is 9.29. The van der Waals surface area contributed by atoms with Gasteiger partial charge < -0.3 is 5.73 Å². The first-order chi connectivity index (χ1) is 11.0. The van der Waals surface area contributed by atoms with Crippen LogP contribution in [0.4, 0.5) is 0 Å². The normalized spacial score (nSPS) is 14.3. The molecule has 1 aliphatic heterocycles. The summed E-state index contributed by atoms with van der Waals surface area (Å²) in [4.78, 5) is 20.8. The summed E-state index contributed by atoms with van der Waals surface area (Å²) < 4.78 is 0. The van der Waals surface area contributed by atoms with Crippen molar-refractivity contribution in [3.8, 4) is 0 Å². The minimum atomic E-state index is 0.150. The molecule has 0 aliphatic carbocycles. The molecule has 1 atom stereocenters. The van der Waals surface area contributed by atoms with Crippen LogP contribution in [0.5, 0.6) is 0 Å². The average molecular weight is 328 g/mol. The summed E-state index contributed by atoms with van der Waals surface area (Å²) in [7, 11) is 0. The molecule has 2 aromatic rings. The van der Waals surface area contributed by atoms with Crippen LogP contribution in [0.15, 0.2) is 41.4 Å². The molecule has 2 N–H and O–H groups in total. The number of amidine groups is 1. The van der Waals surface area contributed by atoms with Crippen molar-refractivity contribution in [1.29, 1.82) is 0 Å². The van der Waals surface area contributed by atoms with E-state index in [-0.39, 0.29) is 18.1 Å². The van der Waals surface area contributed by atoms with Crippen molar-refractivity contribution in [3.05, 3.63) is 63.9 Å². The number of rotatable bonds is 5. The first-order valence-electron chi connectivity index (χ1n) is 7.60. The third-order valence-electron chi connectivity index (χ3n) is 4.07. The highest BCUT2D eigenvalue weighted by molar-refractivity contribution is 6.33. The maximum absolute atomic E-state index is 12.3. The lowest BCUT2D eigenvalue weighted by atomic mass is 9.94. The van der Waals surface area contributed by atoms with Crippen molar-refractivity contribution in [2.45, 2.75) is 32.2 Å². The van der Waals surface area contributed by atoms with Gasteiger partial charge in [0, 0.05) is 18.5 Å². The summed E-state index contributed by atoms with van der Waals surface area (Å²) in [6.07, 6.45) is 0.767. The number of carbonyl (C=O) groups is 1. The van der Waals surface area contributed by atoms with E-state index in [0.717, 1.165) is 5.56 Å². The van der Waals surface area contributed by atoms with E-state index in [9.17, 15) is 4.79 Å². The number of halogens is 1. The molecule has 2 heterocycles. The molecule has 0 unspecified atom stereocenters. The Morgan fingerprint density at radius 2 is 2.09 bits per heavy atom. The fourth-order valence-electron chi connectivity index (χ4n) is 2.87. The number of Topliss-reactive ketones (excluding diaryl/α,β-unsaturated/α-hetero) is 1. The predicted octanol–water partition coefficient (Wildman–Crippen LogP) is 3.26. The maximum Gasteiger partial charge on any atom is 0.140 e. The van der Waals surface area contributed by atoms with Gasteiger partial charge >= 0.3 is 0 Å². The largest absolute Gasteiger partial charge is 0.383 e. The number of aliphatic imine (C=N–C) groups is 1. The van der Waals surface area contributed by atoms with Crippen LogP contribution in [0.2, 0.25) is 5.15 Å². The SMILES string of the molecule is C[C@@H](CC(=O)Cc1cc2c(c(Cl)n1)C(N)=NC2)c1ccccc1. The van der Waals surface area contributed by atoms with E-state index in [1.807, 2.05) is 36.4 Å². The molecule has 118 valence electrons. The number of aromatic nitrogens is 1. The number of benzene rings is 1. The molecular formula is C18H18ClN3O. The van der Waals surface area contributed by atoms with Crippen molar-refractivity contribution in [2.24, 2.45) is 10.7 Å². The van der Waals surface area contributed by atoms with Crippen molar-refractivity contribution in [2.75, 3.05) is 0 Å². The molecule has 1 aromatic heterocycles. The third kappa shape index (κ3) is 3.42. The zero-order valence-corrected chi connectivity index (χ0v) is 13.7. The van der Waals surface area contributed by atoms with Crippen LogP contribution in [0, 0.1) is 0 Å². The number of nitrogens with zero attached hydrogens (tertiary/aromatic N) is 2. The van der Waals surface area contributed by atoms with E-state index in [2.05, 4.69) is 16.9 Å². The maximum atomic E-state index is 12.3. The molecule has 0 fully saturated rings. The fourth-order valence-corrected chi connectivity index (χ4v) is 3.20. The topological polar surface area (TPSA) is 68.3 Å². The van der Waals surface area contributed by atoms with E-state index in [1.54, 1.807) is 0 Å². The second-order valence-electron chi connectivity index (χ2n) is 5.87. The fraction of sp³-hybridized carbons (Fsp3) is 0.278. The zero-order valence-electron chi connectivity index (χ0n) is 12.9. The summed E-state index contributed by atoms with van der Waals surface area (Å²) in [6, 6.07) is 11.9. The van der Waals surface area contributed by atoms with Gasteiger partial charge in [-0.3, -0.25) is 9.79 Å². The van der Waals surface area contributed by atoms with Crippen LogP contribution >= 0.6 is 11.6 Å². The van der Waals surface area contributed by atoms with Gasteiger partial charge in [0.05, 0.1) is 12.1 Å². The Morgan fingerprint density at radius 3 is 2.83 bits per heavy atom. The van der Waals surface area contributed by atoms with Gasteiger partial charge in [-0.25, -0.2) is 4.98 Å². The molecular weight excluding hydrogens is 310 g/mol. The molecule has 0 bridgehead atoms. The van der Waals surface area contributed by atoms with Crippen LogP contribution in [-0.2, 0) is 17.8 Å². The lowest BCUT2D eigenvalue weighted by Crippen LogP contribution is -2.14. The smallest absolute Gasteiger partial charge is 0.140 e. The minimum Gasteiger partial charge on any atom is -0.383 e. The number of fused-ring (bicyclic) bond motifs is 1. The van der Waals surface area contributed by atoms with E-state index in [4.69, 9.17) is 17.3 Å². The van der Waals surface area contributed by atoms with E-state index >= 15 is 0 Å². The Bertz CT molecular complexity index is 771. The second-order valence-corrected chi connectivity index (χ2v) is 6.23. The number of hydrogen-bond donors (Lipinski definition) is 1. The Labute approximate surface area is 140 Å². The highest BCUT2D eigenvalue weighted by Crippen LogP contribution is 2.25. The van der Waals surface area contributed by atoms with E-state index in [0.29, 0.717) is 35.2 Å². The Balaban J connectivity index is 1.68. The Hall–Kier alpha value is -2.20. The molecule has 0 radical (unpaired) electrons. The van der Waals surface area contributed by atoms with E-state index < -0.39 is 0 Å². The lowest BCUT2D eigenvalue weighted by molar-refractivity contribution is -0.118. The number of ketones is 1. The lowest BCUT2D eigenvalue weighted by Gasteiger charge is -2.11. The van der Waals surface area contributed by atoms with Gasteiger partial charge in [0.15, 0.2) is 0 Å². The molecule has 5 heteroatoms. The van der Waals surface area contributed by atoms with Gasteiger partial charge in [-0.2, -0.15) is 0 Å². The molecule has 0 spiro atoms. The quantitative estimate of drug-likeness (QED) is 0.857. The van der Waals surface area contributed by atoms with Crippen LogP contribution in [-0.4, -0.2) is 16.6 Å². The van der Waals surface area contributed by atoms with Gasteiger partial charge in [0.1, 0.15) is 16.8 Å². The molecule has 4 nitrogen and oxygen atoms in total. The van der Waals surface area contributed by atoms with Crippen LogP contribution in [0.1, 0.15) is 41.6 Å². The summed E-state index contributed by atoms with van der Waals surface area (Å²) in [5, 5.41) is 0.333. The molecule has 3 rings (SSSR count). The van der Waals surface area contributed by atoms with Gasteiger partial charge in [0.2, 0.25) is 0 Å². The Morgan fingerprint density at radius 1 is 1.35 bits per heavy atom. The van der Waals surface area contributed by atoms with Gasteiger partial charge in [-0.1, -0.05) is 48.9 Å².